The molecule has 0 heterocycles. The van der Waals surface area contributed by atoms with Crippen LogP contribution in [0.2, 0.25) is 0 Å². The second kappa shape index (κ2) is 5.75. The van der Waals surface area contributed by atoms with Crippen LogP contribution in [0.1, 0.15) is 13.8 Å². The summed E-state index contributed by atoms with van der Waals surface area (Å²) in [6.07, 6.45) is 0. The van der Waals surface area contributed by atoms with Crippen LogP contribution in [0.15, 0.2) is 12.2 Å². The van der Waals surface area contributed by atoms with Gasteiger partial charge in [0, 0.05) is 35.1 Å². The first kappa shape index (κ1) is 14.7. The average molecular weight is 201 g/mol. The standard InChI is InChI=1S/C6H10O4S.Na/c1-4-11(8,9)10-6(7)5(2)3;/h2,4H2,1,3H3;. The van der Waals surface area contributed by atoms with Crippen LogP contribution in [0.3, 0.4) is 0 Å². The minimum Gasteiger partial charge on any atom is -0.342 e. The van der Waals surface area contributed by atoms with Gasteiger partial charge in [0.15, 0.2) is 0 Å². The van der Waals surface area contributed by atoms with Gasteiger partial charge in [-0.15, -0.1) is 0 Å². The van der Waals surface area contributed by atoms with Gasteiger partial charge in [0.25, 0.3) is 0 Å². The molecule has 0 unspecified atom stereocenters. The minimum absolute atomic E-state index is 0. The van der Waals surface area contributed by atoms with Crippen molar-refractivity contribution in [1.82, 2.24) is 0 Å². The van der Waals surface area contributed by atoms with Crippen LogP contribution in [0.5, 0.6) is 0 Å². The zero-order valence-electron chi connectivity index (χ0n) is 7.46. The predicted octanol–water partition coefficient (Wildman–Crippen LogP) is 0.0746. The van der Waals surface area contributed by atoms with E-state index in [0.29, 0.717) is 0 Å². The molecule has 0 bridgehead atoms. The fourth-order valence-electron chi connectivity index (χ4n) is 0.245. The van der Waals surface area contributed by atoms with Crippen LogP contribution in [0.4, 0.5) is 0 Å². The van der Waals surface area contributed by atoms with Crippen molar-refractivity contribution in [3.05, 3.63) is 12.2 Å². The molecule has 0 aromatic carbocycles. The van der Waals surface area contributed by atoms with E-state index in [9.17, 15) is 13.2 Å². The first-order valence-corrected chi connectivity index (χ1v) is 4.58. The Morgan fingerprint density at radius 1 is 1.50 bits per heavy atom. The maximum atomic E-state index is 10.6. The van der Waals surface area contributed by atoms with Crippen molar-refractivity contribution in [3.8, 4) is 0 Å². The summed E-state index contributed by atoms with van der Waals surface area (Å²) in [6.45, 7) is 6.01. The Kier molecular flexibility index (Phi) is 7.02. The Morgan fingerprint density at radius 2 is 1.92 bits per heavy atom. The van der Waals surface area contributed by atoms with E-state index in [1.807, 2.05) is 0 Å². The Bertz CT molecular complexity index is 267. The molecule has 6 heteroatoms. The zero-order chi connectivity index (χ0) is 9.07. The van der Waals surface area contributed by atoms with E-state index in [1.54, 1.807) is 0 Å². The molecule has 1 radical (unpaired) electrons. The average Bonchev–Trinajstić information content (AvgIpc) is 1.87. The molecule has 0 aliphatic heterocycles. The molecule has 0 aromatic heterocycles. The largest absolute Gasteiger partial charge is 0.348 e. The molecule has 65 valence electrons. The number of carbonyl (C=O) groups is 1. The van der Waals surface area contributed by atoms with Gasteiger partial charge >= 0.3 is 16.1 Å². The van der Waals surface area contributed by atoms with Crippen molar-refractivity contribution >= 4 is 45.6 Å². The second-order valence-corrected chi connectivity index (χ2v) is 3.86. The van der Waals surface area contributed by atoms with E-state index in [4.69, 9.17) is 0 Å². The molecule has 12 heavy (non-hydrogen) atoms. The third kappa shape index (κ3) is 5.77. The smallest absolute Gasteiger partial charge is 0.342 e. The van der Waals surface area contributed by atoms with Crippen molar-refractivity contribution in [2.45, 2.75) is 13.8 Å². The molecule has 0 fully saturated rings. The van der Waals surface area contributed by atoms with E-state index in [1.165, 1.54) is 13.8 Å². The molecule has 0 saturated carbocycles. The summed E-state index contributed by atoms with van der Waals surface area (Å²) in [5, 5.41) is 0. The molecule has 0 spiro atoms. The van der Waals surface area contributed by atoms with E-state index in [-0.39, 0.29) is 40.9 Å². The minimum atomic E-state index is -3.67. The molecule has 4 nitrogen and oxygen atoms in total. The van der Waals surface area contributed by atoms with E-state index in [0.717, 1.165) is 0 Å². The maximum Gasteiger partial charge on any atom is 0.348 e. The summed E-state index contributed by atoms with van der Waals surface area (Å²) < 4.78 is 25.3. The van der Waals surface area contributed by atoms with Crippen molar-refractivity contribution in [2.24, 2.45) is 0 Å². The van der Waals surface area contributed by atoms with Crippen LogP contribution in [-0.2, 0) is 19.1 Å². The molecule has 0 aliphatic carbocycles. The third-order valence-electron chi connectivity index (χ3n) is 0.905. The number of hydrogen-bond acceptors (Lipinski definition) is 4. The summed E-state index contributed by atoms with van der Waals surface area (Å²) in [5.74, 6) is -1.11. The topological polar surface area (TPSA) is 60.4 Å². The summed E-state index contributed by atoms with van der Waals surface area (Å²) in [4.78, 5) is 10.6. The predicted molar refractivity (Wildman–Crippen MR) is 46.1 cm³/mol. The van der Waals surface area contributed by atoms with Crippen molar-refractivity contribution < 1.29 is 17.4 Å². The van der Waals surface area contributed by atoms with Gasteiger partial charge in [0.05, 0.1) is 5.75 Å². The Labute approximate surface area is 94.4 Å². The van der Waals surface area contributed by atoms with Gasteiger partial charge in [-0.1, -0.05) is 6.58 Å². The first-order chi connectivity index (χ1) is 4.89. The van der Waals surface area contributed by atoms with Gasteiger partial charge in [-0.3, -0.25) is 0 Å². The van der Waals surface area contributed by atoms with Gasteiger partial charge in [-0.05, 0) is 13.8 Å². The second-order valence-electron chi connectivity index (χ2n) is 2.00. The molecule has 0 rings (SSSR count). The molecule has 0 amide bonds. The van der Waals surface area contributed by atoms with Crippen molar-refractivity contribution in [3.63, 3.8) is 0 Å². The first-order valence-electron chi connectivity index (χ1n) is 3.01. The van der Waals surface area contributed by atoms with Crippen LogP contribution in [-0.4, -0.2) is 49.7 Å². The van der Waals surface area contributed by atoms with Gasteiger partial charge in [-0.2, -0.15) is 8.42 Å². The van der Waals surface area contributed by atoms with Crippen molar-refractivity contribution in [1.29, 1.82) is 0 Å². The van der Waals surface area contributed by atoms with Gasteiger partial charge in [0.1, 0.15) is 0 Å². The van der Waals surface area contributed by atoms with Crippen molar-refractivity contribution in [2.75, 3.05) is 5.75 Å². The van der Waals surface area contributed by atoms with Crippen LogP contribution >= 0.6 is 0 Å². The van der Waals surface area contributed by atoms with Crippen LogP contribution < -0.4 is 0 Å². The fraction of sp³-hybridized carbons (Fsp3) is 0.500. The molecule has 0 N–H and O–H groups in total. The van der Waals surface area contributed by atoms with Gasteiger partial charge in [-0.25, -0.2) is 4.79 Å². The summed E-state index contributed by atoms with van der Waals surface area (Å²) in [7, 11) is -3.67. The molecular formula is C6H10NaO4S. The number of rotatable bonds is 3. The fourth-order valence-corrected chi connectivity index (χ4v) is 0.736. The molecule has 0 aliphatic rings. The molecule has 0 aromatic rings. The quantitative estimate of drug-likeness (QED) is 0.368. The molecular weight excluding hydrogens is 191 g/mol. The Morgan fingerprint density at radius 3 is 2.17 bits per heavy atom. The Balaban J connectivity index is 0. The van der Waals surface area contributed by atoms with Gasteiger partial charge < -0.3 is 4.18 Å². The normalized spacial score (nSPS) is 9.83. The number of hydrogen-bond donors (Lipinski definition) is 0. The third-order valence-corrected chi connectivity index (χ3v) is 2.02. The van der Waals surface area contributed by atoms with Gasteiger partial charge in [0.2, 0.25) is 0 Å². The zero-order valence-corrected chi connectivity index (χ0v) is 10.3. The monoisotopic (exact) mass is 201 g/mol. The molecule has 0 atom stereocenters. The maximum absolute atomic E-state index is 10.6. The Hall–Kier alpha value is 0.160. The van der Waals surface area contributed by atoms with Crippen LogP contribution in [0.25, 0.3) is 0 Å². The van der Waals surface area contributed by atoms with E-state index < -0.39 is 16.1 Å². The molecule has 0 saturated heterocycles. The van der Waals surface area contributed by atoms with Crippen LogP contribution in [0, 0.1) is 0 Å². The van der Waals surface area contributed by atoms with E-state index in [2.05, 4.69) is 10.8 Å². The van der Waals surface area contributed by atoms with E-state index >= 15 is 0 Å². The summed E-state index contributed by atoms with van der Waals surface area (Å²) in [5.41, 5.74) is 0.0713. The SMILES string of the molecule is C=C(C)C(=O)OS(=O)(=O)CC.[Na]. The number of carbonyl (C=O) groups excluding carboxylic acids is 1. The summed E-state index contributed by atoms with van der Waals surface area (Å²) >= 11 is 0. The summed E-state index contributed by atoms with van der Waals surface area (Å²) in [6, 6.07) is 0.